The Morgan fingerprint density at radius 1 is 1.32 bits per heavy atom. The Morgan fingerprint density at radius 3 is 2.80 bits per heavy atom. The van der Waals surface area contributed by atoms with Gasteiger partial charge >= 0.3 is 0 Å². The van der Waals surface area contributed by atoms with Crippen molar-refractivity contribution in [3.63, 3.8) is 0 Å². The number of para-hydroxylation sites is 1. The van der Waals surface area contributed by atoms with Crippen LogP contribution in [0.1, 0.15) is 12.1 Å². The van der Waals surface area contributed by atoms with Gasteiger partial charge in [-0.15, -0.1) is 0 Å². The fourth-order valence-corrected chi connectivity index (χ4v) is 3.10. The molecular weight excluding hydrogens is 316 g/mol. The minimum absolute atomic E-state index is 0.155. The van der Waals surface area contributed by atoms with Gasteiger partial charge in [0.1, 0.15) is 5.82 Å². The molecule has 0 aliphatic carbocycles. The lowest BCUT2D eigenvalue weighted by atomic mass is 9.92. The smallest absolute Gasteiger partial charge is 0.231 e. The molecule has 6 nitrogen and oxygen atoms in total. The van der Waals surface area contributed by atoms with Gasteiger partial charge in [-0.2, -0.15) is 4.98 Å². The molecule has 0 bridgehead atoms. The van der Waals surface area contributed by atoms with Gasteiger partial charge in [-0.1, -0.05) is 18.2 Å². The highest BCUT2D eigenvalue weighted by Gasteiger charge is 2.25. The number of rotatable bonds is 7. The maximum atomic E-state index is 9.67. The zero-order valence-corrected chi connectivity index (χ0v) is 14.9. The van der Waals surface area contributed by atoms with Crippen LogP contribution >= 0.6 is 0 Å². The SMILES string of the molecule is Cc1cc(NCC(CO)C2CCOC2)nc(N(C)c2ccccc2)n1. The summed E-state index contributed by atoms with van der Waals surface area (Å²) in [6, 6.07) is 12.0. The number of benzene rings is 1. The van der Waals surface area contributed by atoms with Crippen LogP contribution in [0.4, 0.5) is 17.5 Å². The predicted octanol–water partition coefficient (Wildman–Crippen LogP) is 2.61. The number of nitrogens with zero attached hydrogens (tertiary/aromatic N) is 3. The summed E-state index contributed by atoms with van der Waals surface area (Å²) < 4.78 is 5.44. The first-order valence-electron chi connectivity index (χ1n) is 8.74. The van der Waals surface area contributed by atoms with Crippen molar-refractivity contribution in [1.82, 2.24) is 9.97 Å². The summed E-state index contributed by atoms with van der Waals surface area (Å²) in [5, 5.41) is 13.0. The van der Waals surface area contributed by atoms with E-state index in [1.54, 1.807) is 0 Å². The number of hydrogen-bond donors (Lipinski definition) is 2. The van der Waals surface area contributed by atoms with Crippen molar-refractivity contribution in [2.75, 3.05) is 43.6 Å². The van der Waals surface area contributed by atoms with E-state index < -0.39 is 0 Å². The van der Waals surface area contributed by atoms with E-state index in [0.29, 0.717) is 18.4 Å². The van der Waals surface area contributed by atoms with E-state index in [4.69, 9.17) is 4.74 Å². The van der Waals surface area contributed by atoms with Crippen molar-refractivity contribution in [2.45, 2.75) is 13.3 Å². The van der Waals surface area contributed by atoms with Crippen LogP contribution in [0.15, 0.2) is 36.4 Å². The zero-order valence-electron chi connectivity index (χ0n) is 14.9. The Hall–Kier alpha value is -2.18. The van der Waals surface area contributed by atoms with Crippen LogP contribution in [-0.4, -0.2) is 48.5 Å². The molecule has 2 heterocycles. The fourth-order valence-electron chi connectivity index (χ4n) is 3.10. The van der Waals surface area contributed by atoms with Crippen LogP contribution in [0.3, 0.4) is 0 Å². The molecule has 2 aromatic rings. The lowest BCUT2D eigenvalue weighted by molar-refractivity contribution is 0.145. The number of aliphatic hydroxyl groups excluding tert-OH is 1. The van der Waals surface area contributed by atoms with E-state index in [-0.39, 0.29) is 12.5 Å². The molecule has 1 aliphatic heterocycles. The average Bonchev–Trinajstić information content (AvgIpc) is 3.16. The van der Waals surface area contributed by atoms with E-state index >= 15 is 0 Å². The van der Waals surface area contributed by atoms with E-state index in [2.05, 4.69) is 15.3 Å². The Kier molecular flexibility index (Phi) is 5.83. The van der Waals surface area contributed by atoms with Gasteiger partial charge in [0.05, 0.1) is 0 Å². The maximum Gasteiger partial charge on any atom is 0.231 e. The number of anilines is 3. The number of aromatic nitrogens is 2. The molecule has 2 N–H and O–H groups in total. The van der Waals surface area contributed by atoms with Gasteiger partial charge in [-0.05, 0) is 31.4 Å². The Balaban J connectivity index is 1.70. The van der Waals surface area contributed by atoms with Crippen molar-refractivity contribution < 1.29 is 9.84 Å². The molecule has 1 aromatic carbocycles. The number of aliphatic hydroxyl groups is 1. The number of ether oxygens (including phenoxy) is 1. The van der Waals surface area contributed by atoms with Crippen molar-refractivity contribution in [3.05, 3.63) is 42.1 Å². The van der Waals surface area contributed by atoms with E-state index in [1.807, 2.05) is 55.3 Å². The molecule has 2 atom stereocenters. The summed E-state index contributed by atoms with van der Waals surface area (Å²) >= 11 is 0. The summed E-state index contributed by atoms with van der Waals surface area (Å²) in [4.78, 5) is 11.1. The average molecular weight is 342 g/mol. The first kappa shape index (κ1) is 17.6. The zero-order chi connectivity index (χ0) is 17.6. The molecule has 1 fully saturated rings. The molecule has 1 aromatic heterocycles. The first-order valence-corrected chi connectivity index (χ1v) is 8.74. The molecule has 25 heavy (non-hydrogen) atoms. The highest BCUT2D eigenvalue weighted by Crippen LogP contribution is 2.24. The third-order valence-corrected chi connectivity index (χ3v) is 4.70. The van der Waals surface area contributed by atoms with Gasteiger partial charge < -0.3 is 20.1 Å². The molecule has 1 saturated heterocycles. The van der Waals surface area contributed by atoms with Gasteiger partial charge in [0, 0.05) is 56.8 Å². The minimum Gasteiger partial charge on any atom is -0.396 e. The molecule has 3 rings (SSSR count). The second kappa shape index (κ2) is 8.27. The van der Waals surface area contributed by atoms with Crippen LogP contribution in [0.25, 0.3) is 0 Å². The molecule has 0 radical (unpaired) electrons. The number of nitrogens with one attached hydrogen (secondary N) is 1. The Labute approximate surface area is 148 Å². The maximum absolute atomic E-state index is 9.67. The van der Waals surface area contributed by atoms with Crippen LogP contribution in [0, 0.1) is 18.8 Å². The highest BCUT2D eigenvalue weighted by atomic mass is 16.5. The molecule has 2 unspecified atom stereocenters. The van der Waals surface area contributed by atoms with Crippen LogP contribution in [-0.2, 0) is 4.74 Å². The van der Waals surface area contributed by atoms with Gasteiger partial charge in [0.15, 0.2) is 0 Å². The van der Waals surface area contributed by atoms with E-state index in [9.17, 15) is 5.11 Å². The first-order chi connectivity index (χ1) is 12.2. The monoisotopic (exact) mass is 342 g/mol. The van der Waals surface area contributed by atoms with Crippen molar-refractivity contribution >= 4 is 17.5 Å². The Morgan fingerprint density at radius 2 is 2.12 bits per heavy atom. The minimum atomic E-state index is 0.155. The molecule has 134 valence electrons. The van der Waals surface area contributed by atoms with Gasteiger partial charge in [0.2, 0.25) is 5.95 Å². The lowest BCUT2D eigenvalue weighted by Crippen LogP contribution is -2.27. The molecular formula is C19H26N4O2. The van der Waals surface area contributed by atoms with Gasteiger partial charge in [-0.25, -0.2) is 4.98 Å². The van der Waals surface area contributed by atoms with Crippen LogP contribution in [0.2, 0.25) is 0 Å². The van der Waals surface area contributed by atoms with Gasteiger partial charge in [-0.3, -0.25) is 0 Å². The summed E-state index contributed by atoms with van der Waals surface area (Å²) in [6.07, 6.45) is 1.01. The molecule has 0 amide bonds. The topological polar surface area (TPSA) is 70.5 Å². The predicted molar refractivity (Wildman–Crippen MR) is 99.3 cm³/mol. The van der Waals surface area contributed by atoms with Crippen molar-refractivity contribution in [1.29, 1.82) is 0 Å². The quantitative estimate of drug-likeness (QED) is 0.806. The van der Waals surface area contributed by atoms with E-state index in [1.165, 1.54) is 0 Å². The number of hydrogen-bond acceptors (Lipinski definition) is 6. The lowest BCUT2D eigenvalue weighted by Gasteiger charge is -2.22. The third kappa shape index (κ3) is 4.46. The summed E-state index contributed by atoms with van der Waals surface area (Å²) in [6.45, 7) is 4.32. The third-order valence-electron chi connectivity index (χ3n) is 4.70. The highest BCUT2D eigenvalue weighted by molar-refractivity contribution is 5.57. The fraction of sp³-hybridized carbons (Fsp3) is 0.474. The second-order valence-corrected chi connectivity index (χ2v) is 6.54. The van der Waals surface area contributed by atoms with Crippen molar-refractivity contribution in [3.8, 4) is 0 Å². The summed E-state index contributed by atoms with van der Waals surface area (Å²) in [5.41, 5.74) is 1.94. The molecule has 6 heteroatoms. The molecule has 1 aliphatic rings. The summed E-state index contributed by atoms with van der Waals surface area (Å²) in [7, 11) is 1.96. The molecule has 0 spiro atoms. The Bertz CT molecular complexity index is 674. The van der Waals surface area contributed by atoms with Crippen LogP contribution < -0.4 is 10.2 Å². The normalized spacial score (nSPS) is 18.1. The van der Waals surface area contributed by atoms with Crippen LogP contribution in [0.5, 0.6) is 0 Å². The number of aryl methyl sites for hydroxylation is 1. The van der Waals surface area contributed by atoms with Crippen molar-refractivity contribution in [2.24, 2.45) is 11.8 Å². The van der Waals surface area contributed by atoms with E-state index in [0.717, 1.165) is 36.8 Å². The summed E-state index contributed by atoms with van der Waals surface area (Å²) in [5.74, 6) is 2.01. The second-order valence-electron chi connectivity index (χ2n) is 6.54. The van der Waals surface area contributed by atoms with Gasteiger partial charge in [0.25, 0.3) is 0 Å². The standard InChI is InChI=1S/C19H26N4O2/c1-14-10-18(20-11-16(12-24)15-8-9-25-13-15)22-19(21-14)23(2)17-6-4-3-5-7-17/h3-7,10,15-16,24H,8-9,11-13H2,1-2H3,(H,20,21,22). The molecule has 0 saturated carbocycles. The largest absolute Gasteiger partial charge is 0.396 e.